The van der Waals surface area contributed by atoms with Gasteiger partial charge in [-0.05, 0) is 24.3 Å². The first-order chi connectivity index (χ1) is 12.7. The quantitative estimate of drug-likeness (QED) is 0.780. The zero-order valence-corrected chi connectivity index (χ0v) is 13.6. The van der Waals surface area contributed by atoms with E-state index in [9.17, 15) is 9.18 Å². The Kier molecular flexibility index (Phi) is 4.27. The lowest BCUT2D eigenvalue weighted by molar-refractivity contribution is -0.130. The lowest BCUT2D eigenvalue weighted by Crippen LogP contribution is -2.43. The summed E-state index contributed by atoms with van der Waals surface area (Å²) in [7, 11) is 0. The van der Waals surface area contributed by atoms with Crippen molar-refractivity contribution in [1.82, 2.24) is 10.5 Å². The summed E-state index contributed by atoms with van der Waals surface area (Å²) in [5, 5.41) is 6.58. The number of carbonyl (C=O) groups excluding carboxylic acids is 1. The zero-order valence-electron chi connectivity index (χ0n) is 13.6. The molecule has 1 aliphatic rings. The number of carbonyl (C=O) groups is 1. The number of hydrogen-bond acceptors (Lipinski definition) is 5. The molecule has 4 rings (SSSR count). The molecule has 6 nitrogen and oxygen atoms in total. The number of nitrogens with zero attached hydrogens (tertiary/aromatic N) is 1. The van der Waals surface area contributed by atoms with E-state index in [0.717, 1.165) is 0 Å². The van der Waals surface area contributed by atoms with Crippen molar-refractivity contribution in [3.05, 3.63) is 66.1 Å². The second kappa shape index (κ2) is 6.87. The summed E-state index contributed by atoms with van der Waals surface area (Å²) < 4.78 is 30.1. The van der Waals surface area contributed by atoms with Gasteiger partial charge in [-0.2, -0.15) is 0 Å². The molecular formula is C19H15FN2O4. The van der Waals surface area contributed by atoms with Crippen molar-refractivity contribution in [1.29, 1.82) is 0 Å². The van der Waals surface area contributed by atoms with Gasteiger partial charge in [-0.3, -0.25) is 4.79 Å². The van der Waals surface area contributed by atoms with Crippen LogP contribution in [0.25, 0.3) is 11.3 Å². The highest BCUT2D eigenvalue weighted by molar-refractivity contribution is 5.81. The number of rotatable bonds is 4. The average molecular weight is 354 g/mol. The minimum Gasteiger partial charge on any atom is -0.485 e. The molecule has 3 aromatic rings. The number of para-hydroxylation sites is 2. The molecule has 1 unspecified atom stereocenters. The molecule has 0 spiro atoms. The zero-order chi connectivity index (χ0) is 17.9. The number of nitrogens with one attached hydrogen (secondary N) is 1. The van der Waals surface area contributed by atoms with Gasteiger partial charge in [0.1, 0.15) is 18.1 Å². The van der Waals surface area contributed by atoms with E-state index in [1.54, 1.807) is 36.4 Å². The van der Waals surface area contributed by atoms with E-state index in [2.05, 4.69) is 10.5 Å². The Hall–Kier alpha value is -3.35. The molecule has 0 saturated heterocycles. The highest BCUT2D eigenvalue weighted by Gasteiger charge is 2.27. The summed E-state index contributed by atoms with van der Waals surface area (Å²) in [5.74, 6) is 0.726. The van der Waals surface area contributed by atoms with Crippen LogP contribution in [0.3, 0.4) is 0 Å². The Bertz CT molecular complexity index is 941. The molecular weight excluding hydrogens is 339 g/mol. The first-order valence-corrected chi connectivity index (χ1v) is 8.07. The molecule has 2 heterocycles. The van der Waals surface area contributed by atoms with Crippen molar-refractivity contribution in [2.24, 2.45) is 0 Å². The SMILES string of the molecule is O=C(NCc1cc(-c2ccccc2F)on1)C1COc2ccccc2O1. The number of fused-ring (bicyclic) bond motifs is 1. The van der Waals surface area contributed by atoms with Gasteiger partial charge in [0, 0.05) is 6.07 Å². The third kappa shape index (κ3) is 3.23. The molecule has 0 aliphatic carbocycles. The van der Waals surface area contributed by atoms with Gasteiger partial charge in [-0.15, -0.1) is 0 Å². The first-order valence-electron chi connectivity index (χ1n) is 8.07. The summed E-state index contributed by atoms with van der Waals surface area (Å²) in [6.07, 6.45) is -0.747. The van der Waals surface area contributed by atoms with E-state index in [1.807, 2.05) is 12.1 Å². The third-order valence-corrected chi connectivity index (χ3v) is 3.94. The Morgan fingerprint density at radius 3 is 2.77 bits per heavy atom. The molecule has 1 aliphatic heterocycles. The monoisotopic (exact) mass is 354 g/mol. The molecule has 1 amide bonds. The van der Waals surface area contributed by atoms with Crippen molar-refractivity contribution in [2.75, 3.05) is 6.61 Å². The van der Waals surface area contributed by atoms with Crippen molar-refractivity contribution >= 4 is 5.91 Å². The van der Waals surface area contributed by atoms with Crippen molar-refractivity contribution < 1.29 is 23.2 Å². The summed E-state index contributed by atoms with van der Waals surface area (Å²) in [6, 6.07) is 15.0. The molecule has 1 aromatic heterocycles. The number of benzene rings is 2. The number of aromatic nitrogens is 1. The van der Waals surface area contributed by atoms with E-state index in [0.29, 0.717) is 28.5 Å². The Morgan fingerprint density at radius 2 is 1.92 bits per heavy atom. The highest BCUT2D eigenvalue weighted by atomic mass is 19.1. The van der Waals surface area contributed by atoms with Crippen LogP contribution in [0.5, 0.6) is 11.5 Å². The van der Waals surface area contributed by atoms with Crippen molar-refractivity contribution in [3.63, 3.8) is 0 Å². The topological polar surface area (TPSA) is 73.6 Å². The van der Waals surface area contributed by atoms with Crippen LogP contribution >= 0.6 is 0 Å². The average Bonchev–Trinajstić information content (AvgIpc) is 3.15. The fourth-order valence-electron chi connectivity index (χ4n) is 2.62. The van der Waals surface area contributed by atoms with Crippen LogP contribution in [0.2, 0.25) is 0 Å². The van der Waals surface area contributed by atoms with Crippen LogP contribution in [0.15, 0.2) is 59.1 Å². The Labute approximate surface area is 148 Å². The van der Waals surface area contributed by atoms with Crippen LogP contribution in [0.4, 0.5) is 4.39 Å². The Morgan fingerprint density at radius 1 is 1.15 bits per heavy atom. The molecule has 0 bridgehead atoms. The van der Waals surface area contributed by atoms with Gasteiger partial charge in [0.25, 0.3) is 5.91 Å². The van der Waals surface area contributed by atoms with Crippen LogP contribution in [0, 0.1) is 5.82 Å². The normalized spacial score (nSPS) is 15.5. The molecule has 0 fully saturated rings. The standard InChI is InChI=1S/C19H15FN2O4/c20-14-6-2-1-5-13(14)17-9-12(22-26-17)10-21-19(23)18-11-24-15-7-3-4-8-16(15)25-18/h1-9,18H,10-11H2,(H,21,23). The minimum absolute atomic E-state index is 0.127. The fraction of sp³-hybridized carbons (Fsp3) is 0.158. The predicted octanol–water partition coefficient (Wildman–Crippen LogP) is 2.94. The van der Waals surface area contributed by atoms with Gasteiger partial charge in [-0.1, -0.05) is 29.4 Å². The maximum Gasteiger partial charge on any atom is 0.265 e. The molecule has 7 heteroatoms. The van der Waals surface area contributed by atoms with E-state index >= 15 is 0 Å². The van der Waals surface area contributed by atoms with Gasteiger partial charge in [-0.25, -0.2) is 4.39 Å². The summed E-state index contributed by atoms with van der Waals surface area (Å²) in [6.45, 7) is 0.264. The van der Waals surface area contributed by atoms with Gasteiger partial charge in [0.05, 0.1) is 12.1 Å². The Balaban J connectivity index is 1.38. The minimum atomic E-state index is -0.747. The molecule has 132 valence electrons. The van der Waals surface area contributed by atoms with Crippen LogP contribution in [0.1, 0.15) is 5.69 Å². The van der Waals surface area contributed by atoms with Crippen LogP contribution in [-0.2, 0) is 11.3 Å². The predicted molar refractivity (Wildman–Crippen MR) is 90.1 cm³/mol. The molecule has 2 aromatic carbocycles. The molecule has 26 heavy (non-hydrogen) atoms. The van der Waals surface area contributed by atoms with E-state index in [1.165, 1.54) is 6.07 Å². The number of ether oxygens (including phenoxy) is 2. The van der Waals surface area contributed by atoms with Crippen molar-refractivity contribution in [3.8, 4) is 22.8 Å². The number of hydrogen-bond donors (Lipinski definition) is 1. The maximum atomic E-state index is 13.8. The molecule has 0 saturated carbocycles. The van der Waals surface area contributed by atoms with Gasteiger partial charge < -0.3 is 19.3 Å². The summed E-state index contributed by atoms with van der Waals surface area (Å²) in [5.41, 5.74) is 0.798. The maximum absolute atomic E-state index is 13.8. The van der Waals surface area contributed by atoms with Crippen molar-refractivity contribution in [2.45, 2.75) is 12.6 Å². The number of halogens is 1. The number of amides is 1. The molecule has 1 N–H and O–H groups in total. The summed E-state index contributed by atoms with van der Waals surface area (Å²) >= 11 is 0. The molecule has 1 atom stereocenters. The second-order valence-corrected chi connectivity index (χ2v) is 5.74. The van der Waals surface area contributed by atoms with E-state index < -0.39 is 11.9 Å². The summed E-state index contributed by atoms with van der Waals surface area (Å²) in [4.78, 5) is 12.3. The lowest BCUT2D eigenvalue weighted by atomic mass is 10.1. The second-order valence-electron chi connectivity index (χ2n) is 5.74. The van der Waals surface area contributed by atoms with Gasteiger partial charge >= 0.3 is 0 Å². The largest absolute Gasteiger partial charge is 0.485 e. The van der Waals surface area contributed by atoms with Crippen LogP contribution < -0.4 is 14.8 Å². The van der Waals surface area contributed by atoms with Gasteiger partial charge in [0.15, 0.2) is 17.3 Å². The van der Waals surface area contributed by atoms with Crippen LogP contribution in [-0.4, -0.2) is 23.8 Å². The van der Waals surface area contributed by atoms with E-state index in [4.69, 9.17) is 14.0 Å². The lowest BCUT2D eigenvalue weighted by Gasteiger charge is -2.25. The highest BCUT2D eigenvalue weighted by Crippen LogP contribution is 2.31. The van der Waals surface area contributed by atoms with Gasteiger partial charge in [0.2, 0.25) is 6.10 Å². The van der Waals surface area contributed by atoms with E-state index in [-0.39, 0.29) is 19.1 Å². The first kappa shape index (κ1) is 16.1. The third-order valence-electron chi connectivity index (χ3n) is 3.94. The molecule has 0 radical (unpaired) electrons. The smallest absolute Gasteiger partial charge is 0.265 e. The fourth-order valence-corrected chi connectivity index (χ4v) is 2.62.